The molecule has 8 rings (SSSR count). The summed E-state index contributed by atoms with van der Waals surface area (Å²) in [5.74, 6) is 3.78. The first-order valence-corrected chi connectivity index (χ1v) is 15.6. The monoisotopic (exact) mass is 548 g/mol. The van der Waals surface area contributed by atoms with Crippen LogP contribution in [0.25, 0.3) is 27.2 Å². The summed E-state index contributed by atoms with van der Waals surface area (Å²) in [6, 6.07) is 25.8. The second-order valence-electron chi connectivity index (χ2n) is 12.3. The van der Waals surface area contributed by atoms with Crippen LogP contribution in [-0.4, -0.2) is 16.7 Å². The zero-order valence-corrected chi connectivity index (χ0v) is 23.9. The molecule has 4 atom stereocenters. The molecule has 1 aliphatic heterocycles. The van der Waals surface area contributed by atoms with Gasteiger partial charge in [-0.05, 0) is 83.6 Å². The number of nitrogens with zero attached hydrogens (tertiary/aromatic N) is 3. The molecular weight excluding hydrogens is 512 g/mol. The first-order chi connectivity index (χ1) is 20.8. The molecule has 4 aromatic rings. The molecule has 0 saturated heterocycles. The fourth-order valence-electron chi connectivity index (χ4n) is 7.39. The van der Waals surface area contributed by atoms with Gasteiger partial charge in [0.2, 0.25) is 0 Å². The van der Waals surface area contributed by atoms with E-state index in [2.05, 4.69) is 101 Å². The average Bonchev–Trinajstić information content (AvgIpc) is 3.07. The molecule has 0 bridgehead atoms. The van der Waals surface area contributed by atoms with Crippen molar-refractivity contribution in [2.24, 2.45) is 27.7 Å². The van der Waals surface area contributed by atoms with Crippen LogP contribution in [0.3, 0.4) is 0 Å². The van der Waals surface area contributed by atoms with Gasteiger partial charge in [0.1, 0.15) is 11.7 Å². The van der Waals surface area contributed by atoms with Gasteiger partial charge >= 0.3 is 0 Å². The van der Waals surface area contributed by atoms with Gasteiger partial charge in [0.05, 0.1) is 5.52 Å². The minimum Gasteiger partial charge on any atom is -0.328 e. The first-order valence-electron chi connectivity index (χ1n) is 15.6. The molecular formula is C38H36N4. The number of pyridine rings is 1. The van der Waals surface area contributed by atoms with Crippen LogP contribution in [0, 0.1) is 17.8 Å². The number of benzene rings is 3. The largest absolute Gasteiger partial charge is 0.328 e. The van der Waals surface area contributed by atoms with Crippen LogP contribution in [0.2, 0.25) is 0 Å². The van der Waals surface area contributed by atoms with E-state index in [1.54, 1.807) is 0 Å². The van der Waals surface area contributed by atoms with Gasteiger partial charge in [-0.3, -0.25) is 4.98 Å². The van der Waals surface area contributed by atoms with E-state index in [0.717, 1.165) is 41.5 Å². The van der Waals surface area contributed by atoms with Crippen molar-refractivity contribution in [2.45, 2.75) is 51.1 Å². The van der Waals surface area contributed by atoms with Gasteiger partial charge in [0.15, 0.2) is 6.17 Å². The highest BCUT2D eigenvalue weighted by molar-refractivity contribution is 6.11. The van der Waals surface area contributed by atoms with Crippen LogP contribution < -0.4 is 5.32 Å². The van der Waals surface area contributed by atoms with Gasteiger partial charge in [-0.15, -0.1) is 0 Å². The highest BCUT2D eigenvalue weighted by Gasteiger charge is 2.31. The Morgan fingerprint density at radius 3 is 2.60 bits per heavy atom. The Hall–Kier alpha value is -4.31. The molecule has 4 aliphatic rings. The second-order valence-corrected chi connectivity index (χ2v) is 12.3. The zero-order valence-electron chi connectivity index (χ0n) is 23.9. The lowest BCUT2D eigenvalue weighted by Crippen LogP contribution is -2.41. The van der Waals surface area contributed by atoms with Crippen molar-refractivity contribution in [3.05, 3.63) is 120 Å². The van der Waals surface area contributed by atoms with Crippen LogP contribution >= 0.6 is 0 Å². The summed E-state index contributed by atoms with van der Waals surface area (Å²) in [5.41, 5.74) is 6.00. The molecule has 1 N–H and O–H groups in total. The standard InChI is InChI=1S/C38H36N4/c1-3-9-30-23-32(20-14-25(30)7-1)37-40-36(41-38(42-37)33-21-15-26-8-2-4-10-31(26)24-33)29-18-16-27(17-19-29)34-13-5-11-28-12-6-22-39-35(28)34/h1,3,5-7,9,11-14,16-18,20,22-24,26,29,31,37H,2,4,8,10,15,19,21H2,(H,40,41,42). The van der Waals surface area contributed by atoms with E-state index in [9.17, 15) is 0 Å². The number of hydrogen-bond acceptors (Lipinski definition) is 4. The average molecular weight is 549 g/mol. The van der Waals surface area contributed by atoms with Crippen molar-refractivity contribution in [3.8, 4) is 0 Å². The Balaban J connectivity index is 1.12. The van der Waals surface area contributed by atoms with Gasteiger partial charge < -0.3 is 5.32 Å². The molecule has 0 spiro atoms. The van der Waals surface area contributed by atoms with E-state index in [-0.39, 0.29) is 12.1 Å². The molecule has 1 saturated carbocycles. The van der Waals surface area contributed by atoms with E-state index >= 15 is 0 Å². The van der Waals surface area contributed by atoms with Crippen molar-refractivity contribution < 1.29 is 0 Å². The maximum absolute atomic E-state index is 5.26. The molecule has 4 unspecified atom stereocenters. The molecule has 1 aromatic heterocycles. The van der Waals surface area contributed by atoms with E-state index in [1.807, 2.05) is 12.3 Å². The number of aromatic nitrogens is 1. The van der Waals surface area contributed by atoms with E-state index in [0.29, 0.717) is 5.92 Å². The highest BCUT2D eigenvalue weighted by atomic mass is 15.2. The summed E-state index contributed by atoms with van der Waals surface area (Å²) < 4.78 is 0. The molecule has 3 aromatic carbocycles. The number of hydrogen-bond donors (Lipinski definition) is 1. The Bertz CT molecular complexity index is 1820. The number of nitrogens with one attached hydrogen (secondary N) is 1. The highest BCUT2D eigenvalue weighted by Crippen LogP contribution is 2.40. The Labute approximate surface area is 247 Å². The lowest BCUT2D eigenvalue weighted by Gasteiger charge is -2.35. The molecule has 4 heteroatoms. The van der Waals surface area contributed by atoms with Crippen molar-refractivity contribution in [1.82, 2.24) is 10.3 Å². The summed E-state index contributed by atoms with van der Waals surface area (Å²) in [4.78, 5) is 15.2. The lowest BCUT2D eigenvalue weighted by atomic mass is 9.72. The molecule has 208 valence electrons. The summed E-state index contributed by atoms with van der Waals surface area (Å²) >= 11 is 0. The van der Waals surface area contributed by atoms with Gasteiger partial charge in [-0.2, -0.15) is 0 Å². The van der Waals surface area contributed by atoms with Gasteiger partial charge in [0.25, 0.3) is 0 Å². The molecule has 42 heavy (non-hydrogen) atoms. The Morgan fingerprint density at radius 1 is 0.786 bits per heavy atom. The van der Waals surface area contributed by atoms with E-state index in [4.69, 9.17) is 9.98 Å². The summed E-state index contributed by atoms with van der Waals surface area (Å²) in [7, 11) is 0. The number of para-hydroxylation sites is 1. The summed E-state index contributed by atoms with van der Waals surface area (Å²) in [5, 5.41) is 7.40. The second kappa shape index (κ2) is 10.8. The third-order valence-corrected chi connectivity index (χ3v) is 9.70. The first kappa shape index (κ1) is 25.4. The normalized spacial score (nSPS) is 25.6. The maximum Gasteiger partial charge on any atom is 0.169 e. The van der Waals surface area contributed by atoms with E-state index in [1.165, 1.54) is 65.0 Å². The topological polar surface area (TPSA) is 49.6 Å². The molecule has 0 radical (unpaired) electrons. The fourth-order valence-corrected chi connectivity index (χ4v) is 7.39. The van der Waals surface area contributed by atoms with Crippen LogP contribution in [0.4, 0.5) is 0 Å². The minimum atomic E-state index is -0.244. The van der Waals surface area contributed by atoms with Gasteiger partial charge in [0, 0.05) is 23.1 Å². The maximum atomic E-state index is 5.26. The zero-order chi connectivity index (χ0) is 27.9. The number of amidine groups is 2. The van der Waals surface area contributed by atoms with Crippen molar-refractivity contribution >= 4 is 38.9 Å². The molecule has 0 amide bonds. The van der Waals surface area contributed by atoms with Crippen molar-refractivity contribution in [3.63, 3.8) is 0 Å². The molecule has 4 nitrogen and oxygen atoms in total. The fraction of sp³-hybridized carbons (Fsp3) is 0.289. The van der Waals surface area contributed by atoms with Crippen molar-refractivity contribution in [2.75, 3.05) is 0 Å². The van der Waals surface area contributed by atoms with Crippen LogP contribution in [0.15, 0.2) is 119 Å². The van der Waals surface area contributed by atoms with Crippen LogP contribution in [0.1, 0.15) is 62.2 Å². The molecule has 1 fully saturated rings. The number of allylic oxidation sites excluding steroid dienone is 4. The van der Waals surface area contributed by atoms with Gasteiger partial charge in [-0.25, -0.2) is 9.98 Å². The predicted molar refractivity (Wildman–Crippen MR) is 174 cm³/mol. The van der Waals surface area contributed by atoms with Crippen molar-refractivity contribution in [1.29, 1.82) is 0 Å². The van der Waals surface area contributed by atoms with Crippen LogP contribution in [0.5, 0.6) is 0 Å². The smallest absolute Gasteiger partial charge is 0.169 e. The quantitative estimate of drug-likeness (QED) is 0.277. The third kappa shape index (κ3) is 4.79. The Morgan fingerprint density at radius 2 is 1.67 bits per heavy atom. The summed E-state index contributed by atoms with van der Waals surface area (Å²) in [6.07, 6.45) is 19.8. The molecule has 3 aliphatic carbocycles. The third-order valence-electron chi connectivity index (χ3n) is 9.70. The lowest BCUT2D eigenvalue weighted by molar-refractivity contribution is 0.257. The molecule has 2 heterocycles. The van der Waals surface area contributed by atoms with Gasteiger partial charge in [-0.1, -0.05) is 97.8 Å². The van der Waals surface area contributed by atoms with Crippen LogP contribution in [-0.2, 0) is 0 Å². The predicted octanol–water partition coefficient (Wildman–Crippen LogP) is 8.97. The van der Waals surface area contributed by atoms with E-state index < -0.39 is 0 Å². The Kier molecular flexibility index (Phi) is 6.55. The summed E-state index contributed by atoms with van der Waals surface area (Å²) in [6.45, 7) is 0. The minimum absolute atomic E-state index is 0.178. The number of fused-ring (bicyclic) bond motifs is 3. The SMILES string of the molecule is C1=CC(C2=NC(c3ccc4ccccc4c3)N=C(C3=CC4CCCCC4CC3)N2)CC=C1c1cccc2cccnc12. The number of aliphatic imine (C=N–C) groups is 2. The number of rotatable bonds is 4.